The standard InChI is InChI=1S/C18H25N3O2/c19-8-13-2-12-3-14(12)21(13)16(22)15(20)17-4-10-1-11(5-17)7-18(23,6-10)9-17/h10-15,23H,1-7,9,20H2/t10-,11+,12-,13?,14+,15-,17?,18?/m1/s1. The van der Waals surface area contributed by atoms with Crippen LogP contribution in [0.15, 0.2) is 0 Å². The normalized spacial score (nSPS) is 53.8. The molecule has 6 rings (SSSR count). The summed E-state index contributed by atoms with van der Waals surface area (Å²) in [5.41, 5.74) is 5.71. The third kappa shape index (κ3) is 1.88. The van der Waals surface area contributed by atoms with Gasteiger partial charge in [-0.25, -0.2) is 0 Å². The highest BCUT2D eigenvalue weighted by Crippen LogP contribution is 2.63. The molecular weight excluding hydrogens is 290 g/mol. The Hall–Kier alpha value is -1.12. The lowest BCUT2D eigenvalue weighted by molar-refractivity contribution is -0.177. The van der Waals surface area contributed by atoms with Crippen molar-refractivity contribution in [3.63, 3.8) is 0 Å². The van der Waals surface area contributed by atoms with Crippen LogP contribution in [0.1, 0.15) is 51.4 Å². The summed E-state index contributed by atoms with van der Waals surface area (Å²) in [7, 11) is 0. The average Bonchev–Trinajstić information content (AvgIpc) is 3.14. The smallest absolute Gasteiger partial charge is 0.241 e. The number of piperidine rings is 1. The summed E-state index contributed by atoms with van der Waals surface area (Å²) in [6.07, 6.45) is 7.48. The predicted molar refractivity (Wildman–Crippen MR) is 82.8 cm³/mol. The third-order valence-corrected chi connectivity index (χ3v) is 7.51. The van der Waals surface area contributed by atoms with Crippen molar-refractivity contribution in [3.05, 3.63) is 0 Å². The number of fused-ring (bicyclic) bond motifs is 1. The topological polar surface area (TPSA) is 90.4 Å². The van der Waals surface area contributed by atoms with Crippen LogP contribution in [0.25, 0.3) is 0 Å². The minimum Gasteiger partial charge on any atom is -0.390 e. The Morgan fingerprint density at radius 1 is 1.22 bits per heavy atom. The number of carbonyl (C=O) groups is 1. The van der Waals surface area contributed by atoms with Gasteiger partial charge in [0, 0.05) is 6.04 Å². The van der Waals surface area contributed by atoms with Gasteiger partial charge in [-0.05, 0) is 74.5 Å². The maximum absolute atomic E-state index is 13.1. The largest absolute Gasteiger partial charge is 0.390 e. The number of likely N-dealkylation sites (tertiary alicyclic amines) is 1. The van der Waals surface area contributed by atoms with Crippen molar-refractivity contribution in [1.82, 2.24) is 4.90 Å². The highest BCUT2D eigenvalue weighted by atomic mass is 16.3. The quantitative estimate of drug-likeness (QED) is 0.800. The van der Waals surface area contributed by atoms with Gasteiger partial charge in [0.05, 0.1) is 17.7 Å². The van der Waals surface area contributed by atoms with Crippen molar-refractivity contribution in [3.8, 4) is 6.07 Å². The maximum atomic E-state index is 13.1. The lowest BCUT2D eigenvalue weighted by atomic mass is 9.46. The number of nitriles is 1. The summed E-state index contributed by atoms with van der Waals surface area (Å²) >= 11 is 0. The van der Waals surface area contributed by atoms with Crippen LogP contribution in [-0.4, -0.2) is 39.6 Å². The summed E-state index contributed by atoms with van der Waals surface area (Å²) in [5.74, 6) is 1.56. The number of hydrogen-bond acceptors (Lipinski definition) is 4. The van der Waals surface area contributed by atoms with Crippen LogP contribution in [0.2, 0.25) is 0 Å². The molecule has 0 radical (unpaired) electrons. The fraction of sp³-hybridized carbons (Fsp3) is 0.889. The third-order valence-electron chi connectivity index (χ3n) is 7.51. The number of rotatable bonds is 2. The summed E-state index contributed by atoms with van der Waals surface area (Å²) in [5, 5.41) is 20.2. The first-order valence-electron chi connectivity index (χ1n) is 9.13. The summed E-state index contributed by atoms with van der Waals surface area (Å²) in [6.45, 7) is 0. The van der Waals surface area contributed by atoms with Crippen LogP contribution in [0.3, 0.4) is 0 Å². The van der Waals surface area contributed by atoms with E-state index in [1.165, 1.54) is 6.42 Å². The molecule has 5 nitrogen and oxygen atoms in total. The second-order valence-corrected chi connectivity index (χ2v) is 9.21. The van der Waals surface area contributed by atoms with E-state index in [2.05, 4.69) is 6.07 Å². The molecule has 1 saturated heterocycles. The Bertz CT molecular complexity index is 598. The molecular formula is C18H25N3O2. The van der Waals surface area contributed by atoms with Crippen LogP contribution in [0, 0.1) is 34.5 Å². The van der Waals surface area contributed by atoms with E-state index in [1.54, 1.807) is 4.90 Å². The molecule has 6 aliphatic rings. The molecule has 0 aromatic carbocycles. The molecule has 23 heavy (non-hydrogen) atoms. The van der Waals surface area contributed by atoms with E-state index in [0.29, 0.717) is 24.2 Å². The lowest BCUT2D eigenvalue weighted by Gasteiger charge is -2.61. The van der Waals surface area contributed by atoms with Gasteiger partial charge in [-0.15, -0.1) is 0 Å². The van der Waals surface area contributed by atoms with E-state index in [-0.39, 0.29) is 23.4 Å². The molecule has 1 heterocycles. The molecule has 3 N–H and O–H groups in total. The van der Waals surface area contributed by atoms with Crippen LogP contribution in [-0.2, 0) is 4.79 Å². The number of amides is 1. The molecule has 3 unspecified atom stereocenters. The Morgan fingerprint density at radius 3 is 2.52 bits per heavy atom. The maximum Gasteiger partial charge on any atom is 0.241 e. The highest BCUT2D eigenvalue weighted by molar-refractivity contribution is 5.84. The Kier molecular flexibility index (Phi) is 2.65. The highest BCUT2D eigenvalue weighted by Gasteiger charge is 2.62. The summed E-state index contributed by atoms with van der Waals surface area (Å²) in [4.78, 5) is 14.9. The van der Waals surface area contributed by atoms with Gasteiger partial charge in [-0.1, -0.05) is 0 Å². The minimum atomic E-state index is -0.594. The zero-order valence-corrected chi connectivity index (χ0v) is 13.4. The molecule has 1 aliphatic heterocycles. The van der Waals surface area contributed by atoms with Gasteiger partial charge in [0.1, 0.15) is 6.04 Å². The van der Waals surface area contributed by atoms with E-state index < -0.39 is 11.6 Å². The van der Waals surface area contributed by atoms with E-state index in [4.69, 9.17) is 5.73 Å². The van der Waals surface area contributed by atoms with Crippen molar-refractivity contribution in [1.29, 1.82) is 5.26 Å². The monoisotopic (exact) mass is 315 g/mol. The Labute approximate surface area is 136 Å². The fourth-order valence-corrected chi connectivity index (χ4v) is 6.96. The summed E-state index contributed by atoms with van der Waals surface area (Å²) in [6, 6.07) is 1.72. The van der Waals surface area contributed by atoms with E-state index in [0.717, 1.165) is 38.5 Å². The number of carbonyl (C=O) groups excluding carboxylic acids is 1. The molecule has 124 valence electrons. The van der Waals surface area contributed by atoms with E-state index in [1.807, 2.05) is 0 Å². The number of aliphatic hydroxyl groups is 1. The average molecular weight is 315 g/mol. The first kappa shape index (κ1) is 14.2. The van der Waals surface area contributed by atoms with Crippen LogP contribution in [0.5, 0.6) is 0 Å². The van der Waals surface area contributed by atoms with Gasteiger partial charge in [0.2, 0.25) is 5.91 Å². The first-order valence-corrected chi connectivity index (χ1v) is 9.13. The minimum absolute atomic E-state index is 0.0212. The first-order chi connectivity index (χ1) is 10.9. The molecule has 8 atom stereocenters. The second-order valence-electron chi connectivity index (χ2n) is 9.21. The van der Waals surface area contributed by atoms with E-state index >= 15 is 0 Å². The molecule has 0 aromatic rings. The molecule has 0 spiro atoms. The van der Waals surface area contributed by atoms with Crippen molar-refractivity contribution < 1.29 is 9.90 Å². The molecule has 0 aromatic heterocycles. The molecule has 1 amide bonds. The van der Waals surface area contributed by atoms with Crippen molar-refractivity contribution >= 4 is 5.91 Å². The van der Waals surface area contributed by atoms with Crippen LogP contribution in [0.4, 0.5) is 0 Å². The van der Waals surface area contributed by atoms with Gasteiger partial charge in [-0.3, -0.25) is 4.79 Å². The molecule has 5 saturated carbocycles. The number of nitrogens with zero attached hydrogens (tertiary/aromatic N) is 2. The number of nitrogens with two attached hydrogens (primary N) is 1. The zero-order chi connectivity index (χ0) is 16.0. The second kappa shape index (κ2) is 4.29. The molecule has 5 aliphatic carbocycles. The Balaban J connectivity index is 1.43. The predicted octanol–water partition coefficient (Wildman–Crippen LogP) is 1.16. The molecule has 4 bridgehead atoms. The van der Waals surface area contributed by atoms with Crippen LogP contribution >= 0.6 is 0 Å². The van der Waals surface area contributed by atoms with Gasteiger partial charge in [0.25, 0.3) is 0 Å². The van der Waals surface area contributed by atoms with Crippen molar-refractivity contribution in [2.45, 2.75) is 75.1 Å². The summed E-state index contributed by atoms with van der Waals surface area (Å²) < 4.78 is 0. The zero-order valence-electron chi connectivity index (χ0n) is 13.4. The van der Waals surface area contributed by atoms with Crippen molar-refractivity contribution in [2.75, 3.05) is 0 Å². The molecule has 6 fully saturated rings. The van der Waals surface area contributed by atoms with Gasteiger partial charge < -0.3 is 15.7 Å². The van der Waals surface area contributed by atoms with E-state index in [9.17, 15) is 15.2 Å². The lowest BCUT2D eigenvalue weighted by Crippen LogP contribution is -2.64. The molecule has 5 heteroatoms. The van der Waals surface area contributed by atoms with Gasteiger partial charge >= 0.3 is 0 Å². The SMILES string of the molecule is N#CC1C[C@@H]2C[C@@H]2N1C(=O)[C@@H](N)C12C[C@@H]3C[C@@H](CC(O)(C3)C1)C2. The number of hydrogen-bond donors (Lipinski definition) is 2. The van der Waals surface area contributed by atoms with Gasteiger partial charge in [0.15, 0.2) is 0 Å². The van der Waals surface area contributed by atoms with Crippen molar-refractivity contribution in [2.24, 2.45) is 28.9 Å². The van der Waals surface area contributed by atoms with Crippen LogP contribution < -0.4 is 5.73 Å². The Morgan fingerprint density at radius 2 is 1.91 bits per heavy atom. The van der Waals surface area contributed by atoms with Gasteiger partial charge in [-0.2, -0.15) is 5.26 Å². The fourth-order valence-electron chi connectivity index (χ4n) is 6.96.